The molecule has 0 amide bonds. The molecule has 9 heteroatoms. The summed E-state index contributed by atoms with van der Waals surface area (Å²) in [6.45, 7) is 17.9. The van der Waals surface area contributed by atoms with Crippen LogP contribution in [0.3, 0.4) is 0 Å². The molecule has 136 valence electrons. The second kappa shape index (κ2) is 19.8. The molecular weight excluding hydrogens is 499 g/mol. The summed E-state index contributed by atoms with van der Waals surface area (Å²) >= 11 is 0. The summed E-state index contributed by atoms with van der Waals surface area (Å²) in [5.41, 5.74) is 0.259. The maximum Gasteiger partial charge on any atom is 4.00 e. The average Bonchev–Trinajstić information content (AvgIpc) is 2.40. The Labute approximate surface area is 165 Å². The molecule has 8 nitrogen and oxygen atoms in total. The van der Waals surface area contributed by atoms with E-state index < -0.39 is 23.9 Å². The Morgan fingerprint density at radius 1 is 0.480 bits per heavy atom. The number of carboxylic acids is 4. The number of carboxylic acid groups (broad SMARTS) is 4. The van der Waals surface area contributed by atoms with Crippen molar-refractivity contribution in [3.8, 4) is 0 Å². The van der Waals surface area contributed by atoms with Crippen LogP contribution in [0.25, 0.3) is 0 Å². The summed E-state index contributed by atoms with van der Waals surface area (Å²) in [6.07, 6.45) is 0. The average molecular weight is 519 g/mol. The minimum absolute atomic E-state index is 0. The van der Waals surface area contributed by atoms with Gasteiger partial charge in [0.15, 0.2) is 0 Å². The van der Waals surface area contributed by atoms with Gasteiger partial charge in [-0.15, -0.1) is 0 Å². The molecule has 0 unspecified atom stereocenters. The molecule has 0 N–H and O–H groups in total. The monoisotopic (exact) mass is 520 g/mol. The van der Waals surface area contributed by atoms with Crippen molar-refractivity contribution >= 4 is 23.9 Å². The first kappa shape index (κ1) is 34.1. The number of aliphatic carboxylic acids is 4. The zero-order valence-corrected chi connectivity index (χ0v) is 18.2. The van der Waals surface area contributed by atoms with Gasteiger partial charge < -0.3 is 39.6 Å². The van der Waals surface area contributed by atoms with Crippen molar-refractivity contribution in [1.82, 2.24) is 0 Å². The van der Waals surface area contributed by atoms with E-state index in [4.69, 9.17) is 0 Å². The van der Waals surface area contributed by atoms with E-state index in [0.29, 0.717) is 0 Å². The molecular formula is C16H20HfO8. The van der Waals surface area contributed by atoms with Crippen molar-refractivity contribution in [2.45, 2.75) is 27.7 Å². The molecule has 0 aliphatic carbocycles. The molecule has 0 bridgehead atoms. The Kier molecular flexibility index (Phi) is 27.0. The standard InChI is InChI=1S/4C4H6O2.Hf/c4*1-3(2)4(5)6;/h4*1H2,2H3,(H,5,6);/q;;;;+4/p-4. The van der Waals surface area contributed by atoms with Crippen LogP contribution in [-0.4, -0.2) is 23.9 Å². The maximum absolute atomic E-state index is 9.49. The predicted octanol–water partition coefficient (Wildman–Crippen LogP) is -2.75. The third kappa shape index (κ3) is 44.9. The molecule has 0 aromatic rings. The van der Waals surface area contributed by atoms with Gasteiger partial charge in [0.25, 0.3) is 0 Å². The van der Waals surface area contributed by atoms with Gasteiger partial charge in [0.2, 0.25) is 0 Å². The largest absolute Gasteiger partial charge is 4.00 e. The van der Waals surface area contributed by atoms with Crippen molar-refractivity contribution in [2.24, 2.45) is 0 Å². The first-order valence-corrected chi connectivity index (χ1v) is 6.05. The SMILES string of the molecule is C=C(C)C(=O)[O-].C=C(C)C(=O)[O-].C=C(C)C(=O)[O-].C=C(C)C(=O)[O-].[Hf+4]. The molecule has 0 aromatic carbocycles. The molecule has 0 aromatic heterocycles. The molecule has 0 aliphatic heterocycles. The van der Waals surface area contributed by atoms with Crippen LogP contribution in [0.2, 0.25) is 0 Å². The van der Waals surface area contributed by atoms with E-state index in [9.17, 15) is 39.6 Å². The van der Waals surface area contributed by atoms with Gasteiger partial charge in [0, 0.05) is 0 Å². The summed E-state index contributed by atoms with van der Waals surface area (Å²) in [4.78, 5) is 38.0. The molecule has 0 saturated carbocycles. The quantitative estimate of drug-likeness (QED) is 0.286. The Balaban J connectivity index is -0.0000000702. The first-order valence-electron chi connectivity index (χ1n) is 6.05. The van der Waals surface area contributed by atoms with Crippen LogP contribution in [0, 0.1) is 0 Å². The van der Waals surface area contributed by atoms with Crippen LogP contribution >= 0.6 is 0 Å². The topological polar surface area (TPSA) is 161 Å². The normalized spacial score (nSPS) is 7.20. The van der Waals surface area contributed by atoms with Gasteiger partial charge in [-0.2, -0.15) is 0 Å². The van der Waals surface area contributed by atoms with E-state index in [1.165, 1.54) is 27.7 Å². The van der Waals surface area contributed by atoms with Crippen molar-refractivity contribution in [2.75, 3.05) is 0 Å². The number of carbonyl (C=O) groups is 4. The fourth-order valence-corrected chi connectivity index (χ4v) is 0. The Bertz CT molecular complexity index is 388. The molecule has 0 aliphatic rings. The first-order chi connectivity index (χ1) is 10.6. The van der Waals surface area contributed by atoms with E-state index in [2.05, 4.69) is 26.3 Å². The minimum atomic E-state index is -1.19. The summed E-state index contributed by atoms with van der Waals surface area (Å²) in [6, 6.07) is 0. The van der Waals surface area contributed by atoms with Gasteiger partial charge in [-0.25, -0.2) is 0 Å². The zero-order chi connectivity index (χ0) is 20.6. The van der Waals surface area contributed by atoms with Gasteiger partial charge in [-0.1, -0.05) is 26.3 Å². The van der Waals surface area contributed by atoms with Gasteiger partial charge in [0.1, 0.15) is 0 Å². The van der Waals surface area contributed by atoms with Gasteiger partial charge in [-0.3, -0.25) is 0 Å². The molecule has 0 atom stereocenters. The van der Waals surface area contributed by atoms with Crippen LogP contribution in [0.4, 0.5) is 0 Å². The summed E-state index contributed by atoms with van der Waals surface area (Å²) < 4.78 is 0. The molecule has 0 fully saturated rings. The van der Waals surface area contributed by atoms with Gasteiger partial charge in [0.05, 0.1) is 23.9 Å². The number of rotatable bonds is 4. The Morgan fingerprint density at radius 3 is 0.520 bits per heavy atom. The van der Waals surface area contributed by atoms with Crippen molar-refractivity contribution in [3.63, 3.8) is 0 Å². The van der Waals surface area contributed by atoms with Crippen LogP contribution < -0.4 is 20.4 Å². The number of hydrogen-bond donors (Lipinski definition) is 0. The van der Waals surface area contributed by atoms with E-state index in [1.54, 1.807) is 0 Å². The van der Waals surface area contributed by atoms with Crippen molar-refractivity contribution < 1.29 is 65.4 Å². The third-order valence-corrected chi connectivity index (χ3v) is 1.39. The summed E-state index contributed by atoms with van der Waals surface area (Å²) in [5, 5.41) is 38.0. The van der Waals surface area contributed by atoms with Crippen molar-refractivity contribution in [3.05, 3.63) is 48.6 Å². The molecule has 0 saturated heterocycles. The fourth-order valence-electron chi connectivity index (χ4n) is 0. The second-order valence-electron chi connectivity index (χ2n) is 4.27. The van der Waals surface area contributed by atoms with E-state index in [0.717, 1.165) is 0 Å². The van der Waals surface area contributed by atoms with Crippen LogP contribution in [0.1, 0.15) is 27.7 Å². The smallest absolute Gasteiger partial charge is 0.545 e. The molecule has 0 spiro atoms. The molecule has 0 heterocycles. The third-order valence-electron chi connectivity index (χ3n) is 1.39. The Hall–Kier alpha value is -2.29. The van der Waals surface area contributed by atoms with Crippen LogP contribution in [-0.2, 0) is 45.0 Å². The van der Waals surface area contributed by atoms with E-state index in [-0.39, 0.29) is 48.1 Å². The second-order valence-corrected chi connectivity index (χ2v) is 4.27. The van der Waals surface area contributed by atoms with Gasteiger partial charge >= 0.3 is 25.8 Å². The van der Waals surface area contributed by atoms with Crippen molar-refractivity contribution in [1.29, 1.82) is 0 Å². The number of carbonyl (C=O) groups excluding carboxylic acids is 4. The predicted molar refractivity (Wildman–Crippen MR) is 79.3 cm³/mol. The zero-order valence-electron chi connectivity index (χ0n) is 14.6. The van der Waals surface area contributed by atoms with Gasteiger partial charge in [-0.05, 0) is 50.0 Å². The minimum Gasteiger partial charge on any atom is -0.545 e. The summed E-state index contributed by atoms with van der Waals surface area (Å²) in [7, 11) is 0. The fraction of sp³-hybridized carbons (Fsp3) is 0.250. The van der Waals surface area contributed by atoms with Crippen LogP contribution in [0.15, 0.2) is 48.6 Å². The summed E-state index contributed by atoms with van der Waals surface area (Å²) in [5.74, 6) is -4.74. The number of hydrogen-bond acceptors (Lipinski definition) is 8. The Morgan fingerprint density at radius 2 is 0.520 bits per heavy atom. The molecule has 0 radical (unpaired) electrons. The molecule has 25 heavy (non-hydrogen) atoms. The maximum atomic E-state index is 9.49. The van der Waals surface area contributed by atoms with Crippen LogP contribution in [0.5, 0.6) is 0 Å². The molecule has 0 rings (SSSR count). The van der Waals surface area contributed by atoms with E-state index >= 15 is 0 Å². The van der Waals surface area contributed by atoms with E-state index in [1.807, 2.05) is 0 Å².